The Bertz CT molecular complexity index is 257. The number of nitrogens with zero attached hydrogens (tertiary/aromatic N) is 1. The van der Waals surface area contributed by atoms with Gasteiger partial charge in [-0.05, 0) is 31.2 Å². The van der Waals surface area contributed by atoms with Crippen molar-refractivity contribution in [2.45, 2.75) is 31.8 Å². The van der Waals surface area contributed by atoms with Crippen LogP contribution in [0.15, 0.2) is 0 Å². The molecule has 0 aromatic carbocycles. The fourth-order valence-electron chi connectivity index (χ4n) is 2.18. The van der Waals surface area contributed by atoms with E-state index in [1.807, 2.05) is 6.92 Å². The van der Waals surface area contributed by atoms with Crippen molar-refractivity contribution in [3.05, 3.63) is 0 Å². The molecule has 86 valence electrons. The van der Waals surface area contributed by atoms with E-state index < -0.39 is 5.60 Å². The first-order chi connectivity index (χ1) is 7.05. The lowest BCUT2D eigenvalue weighted by atomic mass is 9.88. The Kier molecular flexibility index (Phi) is 2.73. The maximum Gasteiger partial charge on any atom is 0.223 e. The number of β-amino-alcohol motifs (C(OH)–C–C–N with tert-alkyl or cyclic N) is 1. The molecule has 1 atom stereocenters. The van der Waals surface area contributed by atoms with E-state index in [1.165, 1.54) is 0 Å². The molecule has 2 rings (SSSR count). The van der Waals surface area contributed by atoms with Crippen LogP contribution in [0.4, 0.5) is 0 Å². The van der Waals surface area contributed by atoms with Gasteiger partial charge in [-0.1, -0.05) is 6.92 Å². The molecule has 4 heteroatoms. The maximum atomic E-state index is 11.7. The van der Waals surface area contributed by atoms with E-state index in [9.17, 15) is 9.90 Å². The van der Waals surface area contributed by atoms with Crippen molar-refractivity contribution < 1.29 is 9.90 Å². The molecular weight excluding hydrogens is 192 g/mol. The van der Waals surface area contributed by atoms with Crippen molar-refractivity contribution in [1.82, 2.24) is 4.90 Å². The van der Waals surface area contributed by atoms with Crippen LogP contribution in [-0.4, -0.2) is 41.1 Å². The third-order valence-electron chi connectivity index (χ3n) is 3.54. The average molecular weight is 212 g/mol. The van der Waals surface area contributed by atoms with Gasteiger partial charge >= 0.3 is 0 Å². The molecule has 0 bridgehead atoms. The lowest BCUT2D eigenvalue weighted by Crippen LogP contribution is -2.64. The van der Waals surface area contributed by atoms with Crippen LogP contribution in [0.25, 0.3) is 0 Å². The summed E-state index contributed by atoms with van der Waals surface area (Å²) in [6.45, 7) is 3.60. The molecule has 2 fully saturated rings. The average Bonchev–Trinajstić information content (AvgIpc) is 2.95. The van der Waals surface area contributed by atoms with Crippen molar-refractivity contribution in [2.75, 3.05) is 19.6 Å². The highest BCUT2D eigenvalue weighted by atomic mass is 16.3. The zero-order chi connectivity index (χ0) is 11.1. The number of aliphatic hydroxyl groups is 1. The Morgan fingerprint density at radius 2 is 2.20 bits per heavy atom. The van der Waals surface area contributed by atoms with Gasteiger partial charge in [0.15, 0.2) is 0 Å². The number of hydrogen-bond donors (Lipinski definition) is 2. The SMILES string of the molecule is CC(CN)CC(=O)N1CC(O)(C2CC2)C1. The fourth-order valence-corrected chi connectivity index (χ4v) is 2.18. The molecule has 0 spiro atoms. The molecule has 0 radical (unpaired) electrons. The number of carbonyl (C=O) groups is 1. The summed E-state index contributed by atoms with van der Waals surface area (Å²) >= 11 is 0. The van der Waals surface area contributed by atoms with Gasteiger partial charge in [-0.3, -0.25) is 4.79 Å². The van der Waals surface area contributed by atoms with E-state index in [0.29, 0.717) is 32.0 Å². The number of carbonyl (C=O) groups excluding carboxylic acids is 1. The van der Waals surface area contributed by atoms with Gasteiger partial charge in [0, 0.05) is 6.42 Å². The number of hydrogen-bond acceptors (Lipinski definition) is 3. The van der Waals surface area contributed by atoms with E-state index >= 15 is 0 Å². The smallest absolute Gasteiger partial charge is 0.223 e. The number of likely N-dealkylation sites (tertiary alicyclic amines) is 1. The molecule has 1 saturated carbocycles. The van der Waals surface area contributed by atoms with Gasteiger partial charge in [0.25, 0.3) is 0 Å². The first-order valence-corrected chi connectivity index (χ1v) is 5.75. The summed E-state index contributed by atoms with van der Waals surface area (Å²) in [7, 11) is 0. The van der Waals surface area contributed by atoms with Gasteiger partial charge in [-0.2, -0.15) is 0 Å². The highest BCUT2D eigenvalue weighted by molar-refractivity contribution is 5.77. The third-order valence-corrected chi connectivity index (χ3v) is 3.54. The summed E-state index contributed by atoms with van der Waals surface area (Å²) < 4.78 is 0. The molecule has 1 saturated heterocycles. The Morgan fingerprint density at radius 1 is 1.60 bits per heavy atom. The first-order valence-electron chi connectivity index (χ1n) is 5.75. The van der Waals surface area contributed by atoms with Gasteiger partial charge in [-0.25, -0.2) is 0 Å². The highest BCUT2D eigenvalue weighted by Crippen LogP contribution is 2.44. The van der Waals surface area contributed by atoms with Crippen LogP contribution in [-0.2, 0) is 4.79 Å². The predicted octanol–water partition coefficient (Wildman–Crippen LogP) is -0.0454. The number of rotatable bonds is 4. The van der Waals surface area contributed by atoms with E-state index in [4.69, 9.17) is 5.73 Å². The molecular formula is C11H20N2O2. The molecule has 2 aliphatic rings. The summed E-state index contributed by atoms with van der Waals surface area (Å²) in [6, 6.07) is 0. The number of amides is 1. The topological polar surface area (TPSA) is 66.6 Å². The third kappa shape index (κ3) is 2.16. The van der Waals surface area contributed by atoms with Crippen LogP contribution in [0.1, 0.15) is 26.2 Å². The molecule has 1 unspecified atom stereocenters. The van der Waals surface area contributed by atoms with Crippen LogP contribution in [0.3, 0.4) is 0 Å². The highest BCUT2D eigenvalue weighted by Gasteiger charge is 2.53. The zero-order valence-corrected chi connectivity index (χ0v) is 9.28. The quantitative estimate of drug-likeness (QED) is 0.687. The lowest BCUT2D eigenvalue weighted by molar-refractivity contribution is -0.160. The lowest BCUT2D eigenvalue weighted by Gasteiger charge is -2.47. The fraction of sp³-hybridized carbons (Fsp3) is 0.909. The summed E-state index contributed by atoms with van der Waals surface area (Å²) in [6.07, 6.45) is 2.76. The Labute approximate surface area is 90.4 Å². The molecule has 1 aliphatic heterocycles. The maximum absolute atomic E-state index is 11.7. The monoisotopic (exact) mass is 212 g/mol. The van der Waals surface area contributed by atoms with E-state index in [1.54, 1.807) is 4.90 Å². The minimum Gasteiger partial charge on any atom is -0.386 e. The van der Waals surface area contributed by atoms with Crippen molar-refractivity contribution in [2.24, 2.45) is 17.6 Å². The van der Waals surface area contributed by atoms with Crippen LogP contribution in [0.5, 0.6) is 0 Å². The first kappa shape index (κ1) is 10.9. The van der Waals surface area contributed by atoms with Gasteiger partial charge in [-0.15, -0.1) is 0 Å². The number of nitrogens with two attached hydrogens (primary N) is 1. The summed E-state index contributed by atoms with van der Waals surface area (Å²) in [4.78, 5) is 13.4. The minimum absolute atomic E-state index is 0.137. The van der Waals surface area contributed by atoms with Crippen LogP contribution in [0.2, 0.25) is 0 Å². The van der Waals surface area contributed by atoms with Crippen LogP contribution in [0, 0.1) is 11.8 Å². The molecule has 1 heterocycles. The van der Waals surface area contributed by atoms with E-state index in [2.05, 4.69) is 0 Å². The standard InChI is InChI=1S/C11H20N2O2/c1-8(5-12)4-10(14)13-6-11(15,7-13)9-2-3-9/h8-9,15H,2-7,12H2,1H3. The Morgan fingerprint density at radius 3 is 2.67 bits per heavy atom. The second-order valence-electron chi connectivity index (χ2n) is 5.17. The van der Waals surface area contributed by atoms with Gasteiger partial charge in [0.1, 0.15) is 5.60 Å². The second kappa shape index (κ2) is 3.76. The van der Waals surface area contributed by atoms with E-state index in [-0.39, 0.29) is 11.8 Å². The summed E-state index contributed by atoms with van der Waals surface area (Å²) in [5.74, 6) is 0.832. The van der Waals surface area contributed by atoms with Crippen molar-refractivity contribution in [1.29, 1.82) is 0 Å². The normalized spacial score (nSPS) is 25.9. The molecule has 0 aromatic rings. The van der Waals surface area contributed by atoms with Gasteiger partial charge in [0.2, 0.25) is 5.91 Å². The van der Waals surface area contributed by atoms with Gasteiger partial charge in [0.05, 0.1) is 13.1 Å². The van der Waals surface area contributed by atoms with Crippen LogP contribution < -0.4 is 5.73 Å². The van der Waals surface area contributed by atoms with Crippen molar-refractivity contribution in [3.8, 4) is 0 Å². The van der Waals surface area contributed by atoms with Crippen LogP contribution >= 0.6 is 0 Å². The molecule has 4 nitrogen and oxygen atoms in total. The summed E-state index contributed by atoms with van der Waals surface area (Å²) in [5, 5.41) is 10.0. The molecule has 3 N–H and O–H groups in total. The van der Waals surface area contributed by atoms with Gasteiger partial charge < -0.3 is 15.7 Å². The van der Waals surface area contributed by atoms with Crippen molar-refractivity contribution in [3.63, 3.8) is 0 Å². The Balaban J connectivity index is 1.76. The summed E-state index contributed by atoms with van der Waals surface area (Å²) in [5.41, 5.74) is 4.92. The minimum atomic E-state index is -0.554. The zero-order valence-electron chi connectivity index (χ0n) is 9.28. The van der Waals surface area contributed by atoms with E-state index in [0.717, 1.165) is 12.8 Å². The molecule has 1 amide bonds. The Hall–Kier alpha value is -0.610. The molecule has 1 aliphatic carbocycles. The second-order valence-corrected chi connectivity index (χ2v) is 5.17. The predicted molar refractivity (Wildman–Crippen MR) is 57.1 cm³/mol. The largest absolute Gasteiger partial charge is 0.386 e. The van der Waals surface area contributed by atoms with Crippen molar-refractivity contribution >= 4 is 5.91 Å². The molecule has 0 aromatic heterocycles. The molecule has 15 heavy (non-hydrogen) atoms.